The molecule has 0 fully saturated rings. The van der Waals surface area contributed by atoms with Crippen molar-refractivity contribution in [3.8, 4) is 5.75 Å². The van der Waals surface area contributed by atoms with Gasteiger partial charge in [-0.1, -0.05) is 12.1 Å². The van der Waals surface area contributed by atoms with Gasteiger partial charge in [-0.3, -0.25) is 4.98 Å². The Morgan fingerprint density at radius 1 is 1.05 bits per heavy atom. The Morgan fingerprint density at radius 3 is 2.91 bits per heavy atom. The Bertz CT molecular complexity index is 753. The summed E-state index contributed by atoms with van der Waals surface area (Å²) in [5.41, 5.74) is 2.25. The molecule has 0 atom stereocenters. The van der Waals surface area contributed by atoms with Gasteiger partial charge in [0.25, 0.3) is 0 Å². The van der Waals surface area contributed by atoms with Crippen LogP contribution in [0.3, 0.4) is 0 Å². The Balaban J connectivity index is 1.58. The number of hydrogen-bond acceptors (Lipinski definition) is 4. The maximum absolute atomic E-state index is 5.25. The van der Waals surface area contributed by atoms with Crippen molar-refractivity contribution in [2.24, 2.45) is 0 Å². The summed E-state index contributed by atoms with van der Waals surface area (Å²) in [6.45, 7) is 0.873. The molecule has 22 heavy (non-hydrogen) atoms. The average molecular weight is 293 g/mol. The molecule has 1 N–H and O–H groups in total. The molecule has 4 heteroatoms. The van der Waals surface area contributed by atoms with E-state index >= 15 is 0 Å². The number of benzene rings is 1. The summed E-state index contributed by atoms with van der Waals surface area (Å²) < 4.78 is 5.25. The first-order valence-electron chi connectivity index (χ1n) is 7.43. The van der Waals surface area contributed by atoms with Crippen LogP contribution in [-0.4, -0.2) is 23.6 Å². The predicted molar refractivity (Wildman–Crippen MR) is 89.3 cm³/mol. The smallest absolute Gasteiger partial charge is 0.135 e. The van der Waals surface area contributed by atoms with Crippen molar-refractivity contribution in [1.29, 1.82) is 0 Å². The number of nitrogens with zero attached hydrogens (tertiary/aromatic N) is 2. The molecule has 0 aliphatic rings. The molecule has 112 valence electrons. The van der Waals surface area contributed by atoms with Gasteiger partial charge in [-0.25, -0.2) is 4.98 Å². The van der Waals surface area contributed by atoms with Crippen molar-refractivity contribution in [2.45, 2.75) is 12.8 Å². The molecule has 1 aromatic carbocycles. The first kappa shape index (κ1) is 14.3. The van der Waals surface area contributed by atoms with E-state index in [9.17, 15) is 0 Å². The summed E-state index contributed by atoms with van der Waals surface area (Å²) in [6.07, 6.45) is 5.63. The lowest BCUT2D eigenvalue weighted by atomic mass is 10.1. The fourth-order valence-electron chi connectivity index (χ4n) is 2.47. The number of ether oxygens (including phenoxy) is 1. The van der Waals surface area contributed by atoms with Gasteiger partial charge in [-0.2, -0.15) is 0 Å². The molecule has 0 radical (unpaired) electrons. The van der Waals surface area contributed by atoms with Crippen LogP contribution in [0.25, 0.3) is 10.9 Å². The molecular weight excluding hydrogens is 274 g/mol. The molecule has 2 aromatic heterocycles. The van der Waals surface area contributed by atoms with Gasteiger partial charge in [-0.05, 0) is 48.7 Å². The zero-order valence-electron chi connectivity index (χ0n) is 12.6. The lowest BCUT2D eigenvalue weighted by Gasteiger charge is -2.08. The maximum atomic E-state index is 5.25. The number of fused-ring (bicyclic) bond motifs is 1. The van der Waals surface area contributed by atoms with Crippen LogP contribution in [0.5, 0.6) is 5.75 Å². The summed E-state index contributed by atoms with van der Waals surface area (Å²) in [7, 11) is 1.70. The zero-order chi connectivity index (χ0) is 15.2. The highest BCUT2D eigenvalue weighted by atomic mass is 16.5. The van der Waals surface area contributed by atoms with E-state index in [-0.39, 0.29) is 0 Å². The third-order valence-corrected chi connectivity index (χ3v) is 3.60. The number of anilines is 1. The van der Waals surface area contributed by atoms with E-state index < -0.39 is 0 Å². The number of hydrogen-bond donors (Lipinski definition) is 1. The van der Waals surface area contributed by atoms with E-state index in [4.69, 9.17) is 4.74 Å². The fraction of sp³-hybridized carbons (Fsp3) is 0.222. The van der Waals surface area contributed by atoms with Crippen LogP contribution in [0, 0.1) is 0 Å². The Hall–Kier alpha value is -2.62. The van der Waals surface area contributed by atoms with Crippen LogP contribution in [0.4, 0.5) is 5.82 Å². The van der Waals surface area contributed by atoms with Crippen molar-refractivity contribution in [2.75, 3.05) is 19.0 Å². The minimum Gasteiger partial charge on any atom is -0.497 e. The molecule has 0 saturated carbocycles. The molecule has 0 aliphatic heterocycles. The van der Waals surface area contributed by atoms with Gasteiger partial charge >= 0.3 is 0 Å². The van der Waals surface area contributed by atoms with Crippen LogP contribution in [0.15, 0.2) is 54.9 Å². The van der Waals surface area contributed by atoms with Gasteiger partial charge in [0.2, 0.25) is 0 Å². The molecule has 0 saturated heterocycles. The molecule has 3 aromatic rings. The molecule has 0 unspecified atom stereocenters. The SMILES string of the molecule is COc1cccc(CCCNc2nccc3ncccc23)c1. The van der Waals surface area contributed by atoms with E-state index in [1.165, 1.54) is 5.56 Å². The standard InChI is InChI=1S/C18H19N3O/c1-22-15-7-2-5-14(13-15)6-3-11-20-18-16-8-4-10-19-17(16)9-12-21-18/h2,4-5,7-10,12-13H,3,6,11H2,1H3,(H,20,21). The molecule has 2 heterocycles. The first-order valence-corrected chi connectivity index (χ1v) is 7.43. The second kappa shape index (κ2) is 6.89. The number of pyridine rings is 2. The normalized spacial score (nSPS) is 10.6. The lowest BCUT2D eigenvalue weighted by molar-refractivity contribution is 0.414. The van der Waals surface area contributed by atoms with Crippen molar-refractivity contribution in [3.05, 3.63) is 60.4 Å². The van der Waals surface area contributed by atoms with Crippen molar-refractivity contribution in [1.82, 2.24) is 9.97 Å². The van der Waals surface area contributed by atoms with Crippen LogP contribution >= 0.6 is 0 Å². The van der Waals surface area contributed by atoms with Crippen molar-refractivity contribution < 1.29 is 4.74 Å². The average Bonchev–Trinajstić information content (AvgIpc) is 2.59. The number of methoxy groups -OCH3 is 1. The quantitative estimate of drug-likeness (QED) is 0.704. The van der Waals surface area contributed by atoms with Gasteiger partial charge in [0.05, 0.1) is 12.6 Å². The molecular formula is C18H19N3O. The minimum absolute atomic E-state index is 0.873. The highest BCUT2D eigenvalue weighted by Crippen LogP contribution is 2.18. The summed E-state index contributed by atoms with van der Waals surface area (Å²) in [5, 5.41) is 4.47. The van der Waals surface area contributed by atoms with Crippen LogP contribution in [0.1, 0.15) is 12.0 Å². The van der Waals surface area contributed by atoms with Gasteiger partial charge < -0.3 is 10.1 Å². The van der Waals surface area contributed by atoms with Gasteiger partial charge in [-0.15, -0.1) is 0 Å². The molecule has 4 nitrogen and oxygen atoms in total. The second-order valence-electron chi connectivity index (χ2n) is 5.11. The van der Waals surface area contributed by atoms with Gasteiger partial charge in [0.15, 0.2) is 0 Å². The largest absolute Gasteiger partial charge is 0.497 e. The number of rotatable bonds is 6. The summed E-state index contributed by atoms with van der Waals surface area (Å²) >= 11 is 0. The van der Waals surface area contributed by atoms with E-state index in [1.54, 1.807) is 19.5 Å². The highest BCUT2D eigenvalue weighted by molar-refractivity contribution is 5.88. The van der Waals surface area contributed by atoms with Crippen molar-refractivity contribution >= 4 is 16.7 Å². The summed E-state index contributed by atoms with van der Waals surface area (Å²) in [6, 6.07) is 14.1. The van der Waals surface area contributed by atoms with E-state index in [0.29, 0.717) is 0 Å². The first-order chi connectivity index (χ1) is 10.9. The lowest BCUT2D eigenvalue weighted by Crippen LogP contribution is -2.05. The third-order valence-electron chi connectivity index (χ3n) is 3.60. The molecule has 3 rings (SSSR count). The van der Waals surface area contributed by atoms with E-state index in [1.807, 2.05) is 30.3 Å². The summed E-state index contributed by atoms with van der Waals surface area (Å²) in [5.74, 6) is 1.81. The molecule has 0 bridgehead atoms. The highest BCUT2D eigenvalue weighted by Gasteiger charge is 2.02. The Labute approximate surface area is 130 Å². The van der Waals surface area contributed by atoms with E-state index in [0.717, 1.165) is 41.9 Å². The van der Waals surface area contributed by atoms with Crippen molar-refractivity contribution in [3.63, 3.8) is 0 Å². The topological polar surface area (TPSA) is 47.0 Å². The Kier molecular flexibility index (Phi) is 4.49. The number of aromatic nitrogens is 2. The van der Waals surface area contributed by atoms with Crippen LogP contribution in [-0.2, 0) is 6.42 Å². The monoisotopic (exact) mass is 293 g/mol. The maximum Gasteiger partial charge on any atom is 0.135 e. The Morgan fingerprint density at radius 2 is 2.00 bits per heavy atom. The minimum atomic E-state index is 0.873. The van der Waals surface area contributed by atoms with Crippen LogP contribution in [0.2, 0.25) is 0 Å². The summed E-state index contributed by atoms with van der Waals surface area (Å²) in [4.78, 5) is 8.75. The second-order valence-corrected chi connectivity index (χ2v) is 5.11. The number of nitrogens with one attached hydrogen (secondary N) is 1. The third kappa shape index (κ3) is 3.34. The zero-order valence-corrected chi connectivity index (χ0v) is 12.6. The van der Waals surface area contributed by atoms with E-state index in [2.05, 4.69) is 27.4 Å². The fourth-order valence-corrected chi connectivity index (χ4v) is 2.47. The number of aryl methyl sites for hydroxylation is 1. The predicted octanol–water partition coefficient (Wildman–Crippen LogP) is 3.68. The van der Waals surface area contributed by atoms with Gasteiger partial charge in [0.1, 0.15) is 11.6 Å². The molecule has 0 aliphatic carbocycles. The van der Waals surface area contributed by atoms with Crippen LogP contribution < -0.4 is 10.1 Å². The molecule has 0 amide bonds. The molecule has 0 spiro atoms. The van der Waals surface area contributed by atoms with Gasteiger partial charge in [0, 0.05) is 24.3 Å².